The number of fused-ring (bicyclic) bond motifs is 1. The highest BCUT2D eigenvalue weighted by molar-refractivity contribution is 5.81. The fraction of sp³-hybridized carbons (Fsp3) is 0.467. The van der Waals surface area contributed by atoms with E-state index in [1.54, 1.807) is 4.90 Å². The van der Waals surface area contributed by atoms with Crippen LogP contribution in [-0.4, -0.2) is 47.9 Å². The molecule has 116 valence electrons. The molecule has 1 aromatic heterocycles. The minimum absolute atomic E-state index is 0.0329. The number of pyridine rings is 1. The second-order valence-corrected chi connectivity index (χ2v) is 5.59. The summed E-state index contributed by atoms with van der Waals surface area (Å²) in [5.74, 6) is 0.546. The molecular weight excluding hydrogens is 286 g/mol. The third kappa shape index (κ3) is 2.43. The van der Waals surface area contributed by atoms with E-state index in [0.29, 0.717) is 30.8 Å². The molecule has 2 amide bonds. The van der Waals surface area contributed by atoms with Crippen LogP contribution in [0.4, 0.5) is 10.6 Å². The fourth-order valence-corrected chi connectivity index (χ4v) is 2.86. The maximum atomic E-state index is 11.7. The Hall–Kier alpha value is -2.44. The number of amides is 2. The van der Waals surface area contributed by atoms with Crippen LogP contribution in [0.3, 0.4) is 0 Å². The molecule has 22 heavy (non-hydrogen) atoms. The SMILES string of the molecule is CC1COC(=O)N1Cc1cc2c(nc1C=O)N(C=O)CCC2. The Kier molecular flexibility index (Phi) is 3.79. The average Bonchev–Trinajstić information content (AvgIpc) is 2.85. The molecule has 1 unspecified atom stereocenters. The van der Waals surface area contributed by atoms with Crippen molar-refractivity contribution in [2.24, 2.45) is 0 Å². The van der Waals surface area contributed by atoms with Crippen LogP contribution in [0.5, 0.6) is 0 Å². The van der Waals surface area contributed by atoms with E-state index in [0.717, 1.165) is 24.8 Å². The van der Waals surface area contributed by atoms with E-state index in [1.165, 1.54) is 4.90 Å². The lowest BCUT2D eigenvalue weighted by Gasteiger charge is -2.26. The second kappa shape index (κ2) is 5.75. The fourth-order valence-electron chi connectivity index (χ4n) is 2.86. The van der Waals surface area contributed by atoms with Gasteiger partial charge in [0.1, 0.15) is 18.1 Å². The molecule has 0 radical (unpaired) electrons. The number of ether oxygens (including phenoxy) is 1. The van der Waals surface area contributed by atoms with Gasteiger partial charge in [-0.2, -0.15) is 0 Å². The van der Waals surface area contributed by atoms with Crippen molar-refractivity contribution in [1.29, 1.82) is 0 Å². The van der Waals surface area contributed by atoms with Crippen LogP contribution < -0.4 is 4.90 Å². The van der Waals surface area contributed by atoms with E-state index >= 15 is 0 Å². The van der Waals surface area contributed by atoms with Gasteiger partial charge in [-0.15, -0.1) is 0 Å². The molecule has 2 aliphatic heterocycles. The maximum Gasteiger partial charge on any atom is 0.410 e. The highest BCUT2D eigenvalue weighted by atomic mass is 16.6. The zero-order valence-corrected chi connectivity index (χ0v) is 12.3. The minimum atomic E-state index is -0.378. The monoisotopic (exact) mass is 303 g/mol. The molecule has 0 spiro atoms. The number of hydrogen-bond acceptors (Lipinski definition) is 5. The van der Waals surface area contributed by atoms with Crippen molar-refractivity contribution >= 4 is 24.6 Å². The molecule has 7 heteroatoms. The third-order valence-electron chi connectivity index (χ3n) is 4.10. The molecule has 0 saturated carbocycles. The zero-order chi connectivity index (χ0) is 15.7. The molecular formula is C15H17N3O4. The molecule has 1 atom stereocenters. The summed E-state index contributed by atoms with van der Waals surface area (Å²) in [5, 5.41) is 0. The number of carbonyl (C=O) groups excluding carboxylic acids is 3. The second-order valence-electron chi connectivity index (χ2n) is 5.59. The Balaban J connectivity index is 1.96. The van der Waals surface area contributed by atoms with Gasteiger partial charge in [0, 0.05) is 12.1 Å². The molecule has 1 saturated heterocycles. The number of aryl methyl sites for hydroxylation is 1. The van der Waals surface area contributed by atoms with Gasteiger partial charge in [0.2, 0.25) is 6.41 Å². The summed E-state index contributed by atoms with van der Waals surface area (Å²) < 4.78 is 4.99. The average molecular weight is 303 g/mol. The molecule has 0 aromatic carbocycles. The first-order valence-electron chi connectivity index (χ1n) is 7.27. The number of anilines is 1. The molecule has 0 aliphatic carbocycles. The largest absolute Gasteiger partial charge is 0.447 e. The first kappa shape index (κ1) is 14.5. The third-order valence-corrected chi connectivity index (χ3v) is 4.10. The highest BCUT2D eigenvalue weighted by Gasteiger charge is 2.31. The van der Waals surface area contributed by atoms with Gasteiger partial charge in [0.15, 0.2) is 6.29 Å². The van der Waals surface area contributed by atoms with Gasteiger partial charge in [-0.1, -0.05) is 0 Å². The molecule has 7 nitrogen and oxygen atoms in total. The van der Waals surface area contributed by atoms with Gasteiger partial charge in [0.05, 0.1) is 12.6 Å². The van der Waals surface area contributed by atoms with E-state index in [-0.39, 0.29) is 24.4 Å². The zero-order valence-electron chi connectivity index (χ0n) is 12.3. The molecule has 1 fully saturated rings. The summed E-state index contributed by atoms with van der Waals surface area (Å²) in [6.45, 7) is 3.14. The van der Waals surface area contributed by atoms with E-state index in [2.05, 4.69) is 4.98 Å². The van der Waals surface area contributed by atoms with E-state index < -0.39 is 0 Å². The number of hydrogen-bond donors (Lipinski definition) is 0. The van der Waals surface area contributed by atoms with E-state index in [1.807, 2.05) is 13.0 Å². The van der Waals surface area contributed by atoms with Gasteiger partial charge >= 0.3 is 6.09 Å². The van der Waals surface area contributed by atoms with Gasteiger partial charge in [0.25, 0.3) is 0 Å². The topological polar surface area (TPSA) is 79.8 Å². The number of rotatable bonds is 4. The minimum Gasteiger partial charge on any atom is -0.447 e. The van der Waals surface area contributed by atoms with E-state index in [9.17, 15) is 14.4 Å². The smallest absolute Gasteiger partial charge is 0.410 e. The predicted octanol–water partition coefficient (Wildman–Crippen LogP) is 1.14. The molecule has 1 aromatic rings. The summed E-state index contributed by atoms with van der Waals surface area (Å²) in [4.78, 5) is 41.6. The Labute approximate surface area is 127 Å². The van der Waals surface area contributed by atoms with Crippen molar-refractivity contribution in [1.82, 2.24) is 9.88 Å². The first-order valence-corrected chi connectivity index (χ1v) is 7.27. The number of aromatic nitrogens is 1. The van der Waals surface area contributed by atoms with Crippen LogP contribution in [0, 0.1) is 0 Å². The molecule has 3 rings (SSSR count). The number of cyclic esters (lactones) is 1. The number of aldehydes is 1. The normalized spacial score (nSPS) is 20.6. The van der Waals surface area contributed by atoms with Crippen LogP contribution >= 0.6 is 0 Å². The molecule has 3 heterocycles. The standard InChI is InChI=1S/C15H17N3O4/c1-10-8-22-15(21)18(10)6-12-5-11-3-2-4-17(9-20)14(11)16-13(12)7-19/h5,7,9-10H,2-4,6,8H2,1H3. The van der Waals surface area contributed by atoms with Crippen molar-refractivity contribution in [2.45, 2.75) is 32.4 Å². The van der Waals surface area contributed by atoms with E-state index in [4.69, 9.17) is 4.74 Å². The van der Waals surface area contributed by atoms with Crippen molar-refractivity contribution in [2.75, 3.05) is 18.1 Å². The van der Waals surface area contributed by atoms with Gasteiger partial charge < -0.3 is 4.74 Å². The van der Waals surface area contributed by atoms with Crippen LogP contribution in [0.2, 0.25) is 0 Å². The molecule has 0 bridgehead atoms. The van der Waals surface area contributed by atoms with Crippen molar-refractivity contribution in [3.63, 3.8) is 0 Å². The number of carbonyl (C=O) groups is 3. The lowest BCUT2D eigenvalue weighted by molar-refractivity contribution is -0.107. The summed E-state index contributed by atoms with van der Waals surface area (Å²) in [5.41, 5.74) is 1.88. The summed E-state index contributed by atoms with van der Waals surface area (Å²) in [6.07, 6.45) is 2.68. The Morgan fingerprint density at radius 1 is 1.45 bits per heavy atom. The van der Waals surface area contributed by atoms with Crippen molar-refractivity contribution < 1.29 is 19.1 Å². The van der Waals surface area contributed by atoms with Crippen molar-refractivity contribution in [3.8, 4) is 0 Å². The van der Waals surface area contributed by atoms with Gasteiger partial charge in [-0.3, -0.25) is 19.4 Å². The predicted molar refractivity (Wildman–Crippen MR) is 77.7 cm³/mol. The van der Waals surface area contributed by atoms with Crippen LogP contribution in [0.1, 0.15) is 35.0 Å². The van der Waals surface area contributed by atoms with Crippen LogP contribution in [-0.2, 0) is 22.5 Å². The summed E-state index contributed by atoms with van der Waals surface area (Å²) >= 11 is 0. The quantitative estimate of drug-likeness (QED) is 0.779. The maximum absolute atomic E-state index is 11.7. The van der Waals surface area contributed by atoms with Crippen LogP contribution in [0.25, 0.3) is 0 Å². The lowest BCUT2D eigenvalue weighted by atomic mass is 10.0. The Morgan fingerprint density at radius 3 is 2.91 bits per heavy atom. The molecule has 0 N–H and O–H groups in total. The Bertz CT molecular complexity index is 631. The lowest BCUT2D eigenvalue weighted by Crippen LogP contribution is -2.32. The summed E-state index contributed by atoms with van der Waals surface area (Å²) in [7, 11) is 0. The van der Waals surface area contributed by atoms with Gasteiger partial charge in [-0.05, 0) is 31.4 Å². The number of nitrogens with zero attached hydrogens (tertiary/aromatic N) is 3. The first-order chi connectivity index (χ1) is 10.6. The summed E-state index contributed by atoms with van der Waals surface area (Å²) in [6, 6.07) is 1.84. The van der Waals surface area contributed by atoms with Crippen LogP contribution in [0.15, 0.2) is 6.07 Å². The molecule has 2 aliphatic rings. The van der Waals surface area contributed by atoms with Crippen molar-refractivity contribution in [3.05, 3.63) is 22.9 Å². The van der Waals surface area contributed by atoms with Gasteiger partial charge in [-0.25, -0.2) is 9.78 Å². The Morgan fingerprint density at radius 2 is 2.27 bits per heavy atom. The highest BCUT2D eigenvalue weighted by Crippen LogP contribution is 2.27.